The van der Waals surface area contributed by atoms with Gasteiger partial charge in [0.15, 0.2) is 0 Å². The second-order valence-electron chi connectivity index (χ2n) is 4.87. The lowest BCUT2D eigenvalue weighted by Gasteiger charge is -2.36. The zero-order valence-corrected chi connectivity index (χ0v) is 11.7. The number of benzene rings is 1. The number of carbonyl (C=O) groups is 1. The normalized spacial score (nSPS) is 21.6. The Morgan fingerprint density at radius 2 is 2.24 bits per heavy atom. The lowest BCUT2D eigenvalue weighted by molar-refractivity contribution is 0.0600. The minimum Gasteiger partial charge on any atom is -0.330 e. The van der Waals surface area contributed by atoms with E-state index in [4.69, 9.17) is 0 Å². The van der Waals surface area contributed by atoms with Crippen molar-refractivity contribution in [3.63, 3.8) is 0 Å². The van der Waals surface area contributed by atoms with Gasteiger partial charge in [-0.15, -0.1) is 0 Å². The molecule has 3 nitrogen and oxygen atoms in total. The molecular formula is C13H15IN2O. The molecule has 1 aromatic rings. The van der Waals surface area contributed by atoms with Crippen LogP contribution in [0.2, 0.25) is 0 Å². The first-order valence-electron chi connectivity index (χ1n) is 6.00. The van der Waals surface area contributed by atoms with Crippen LogP contribution in [0.1, 0.15) is 23.2 Å². The SMILES string of the molecule is O=C(c1cccc(I)c1)N1CCNCC12CC2. The van der Waals surface area contributed by atoms with Crippen LogP contribution in [0.15, 0.2) is 24.3 Å². The summed E-state index contributed by atoms with van der Waals surface area (Å²) in [6.07, 6.45) is 2.30. The molecule has 1 saturated carbocycles. The van der Waals surface area contributed by atoms with Gasteiger partial charge in [0, 0.05) is 28.8 Å². The fraction of sp³-hybridized carbons (Fsp3) is 0.462. The van der Waals surface area contributed by atoms with E-state index in [9.17, 15) is 4.79 Å². The van der Waals surface area contributed by atoms with Crippen molar-refractivity contribution in [2.24, 2.45) is 0 Å². The zero-order chi connectivity index (χ0) is 11.9. The third-order valence-electron chi connectivity index (χ3n) is 3.68. The summed E-state index contributed by atoms with van der Waals surface area (Å²) < 4.78 is 1.12. The molecule has 0 atom stereocenters. The number of rotatable bonds is 1. The summed E-state index contributed by atoms with van der Waals surface area (Å²) in [6.45, 7) is 2.71. The van der Waals surface area contributed by atoms with Crippen molar-refractivity contribution in [1.82, 2.24) is 10.2 Å². The molecular weight excluding hydrogens is 327 g/mol. The van der Waals surface area contributed by atoms with E-state index in [1.807, 2.05) is 24.3 Å². The molecule has 0 radical (unpaired) electrons. The Hall–Kier alpha value is -0.620. The summed E-state index contributed by atoms with van der Waals surface area (Å²) in [5.41, 5.74) is 0.960. The van der Waals surface area contributed by atoms with Crippen LogP contribution in [-0.2, 0) is 0 Å². The molecule has 1 amide bonds. The van der Waals surface area contributed by atoms with Crippen molar-refractivity contribution < 1.29 is 4.79 Å². The van der Waals surface area contributed by atoms with Gasteiger partial charge in [0.05, 0.1) is 5.54 Å². The van der Waals surface area contributed by atoms with Crippen LogP contribution < -0.4 is 5.32 Å². The number of amides is 1. The molecule has 1 aliphatic heterocycles. The predicted octanol–water partition coefficient (Wildman–Crippen LogP) is 1.87. The van der Waals surface area contributed by atoms with E-state index in [-0.39, 0.29) is 11.4 Å². The molecule has 17 heavy (non-hydrogen) atoms. The van der Waals surface area contributed by atoms with E-state index >= 15 is 0 Å². The van der Waals surface area contributed by atoms with E-state index < -0.39 is 0 Å². The smallest absolute Gasteiger partial charge is 0.254 e. The minimum absolute atomic E-state index is 0.136. The van der Waals surface area contributed by atoms with Crippen LogP contribution in [-0.4, -0.2) is 36.0 Å². The number of hydrogen-bond acceptors (Lipinski definition) is 2. The number of nitrogens with one attached hydrogen (secondary N) is 1. The van der Waals surface area contributed by atoms with Crippen molar-refractivity contribution in [3.05, 3.63) is 33.4 Å². The molecule has 2 fully saturated rings. The highest BCUT2D eigenvalue weighted by molar-refractivity contribution is 14.1. The summed E-state index contributed by atoms with van der Waals surface area (Å²) in [6, 6.07) is 7.86. The average molecular weight is 342 g/mol. The van der Waals surface area contributed by atoms with E-state index in [1.165, 1.54) is 0 Å². The molecule has 3 rings (SSSR count). The van der Waals surface area contributed by atoms with Gasteiger partial charge in [-0.2, -0.15) is 0 Å². The lowest BCUT2D eigenvalue weighted by Crippen LogP contribution is -2.55. The maximum Gasteiger partial charge on any atom is 0.254 e. The fourth-order valence-electron chi connectivity index (χ4n) is 2.53. The quantitative estimate of drug-likeness (QED) is 0.791. The summed E-state index contributed by atoms with van der Waals surface area (Å²) in [5.74, 6) is 0.197. The Morgan fingerprint density at radius 1 is 1.41 bits per heavy atom. The highest BCUT2D eigenvalue weighted by atomic mass is 127. The van der Waals surface area contributed by atoms with Crippen LogP contribution in [0.3, 0.4) is 0 Å². The van der Waals surface area contributed by atoms with Gasteiger partial charge < -0.3 is 10.2 Å². The van der Waals surface area contributed by atoms with Gasteiger partial charge in [-0.3, -0.25) is 4.79 Å². The van der Waals surface area contributed by atoms with Crippen LogP contribution in [0.25, 0.3) is 0 Å². The number of halogens is 1. The molecule has 4 heteroatoms. The Bertz CT molecular complexity index is 456. The maximum atomic E-state index is 12.5. The van der Waals surface area contributed by atoms with Gasteiger partial charge in [-0.05, 0) is 53.6 Å². The highest BCUT2D eigenvalue weighted by Crippen LogP contribution is 2.42. The van der Waals surface area contributed by atoms with Crippen LogP contribution in [0.5, 0.6) is 0 Å². The number of carbonyl (C=O) groups excluding carboxylic acids is 1. The predicted molar refractivity (Wildman–Crippen MR) is 75.0 cm³/mol. The second kappa shape index (κ2) is 4.24. The number of nitrogens with zero attached hydrogens (tertiary/aromatic N) is 1. The third kappa shape index (κ3) is 2.08. The van der Waals surface area contributed by atoms with Crippen molar-refractivity contribution in [3.8, 4) is 0 Å². The molecule has 1 aromatic carbocycles. The fourth-order valence-corrected chi connectivity index (χ4v) is 3.07. The first-order valence-corrected chi connectivity index (χ1v) is 7.07. The van der Waals surface area contributed by atoms with Crippen LogP contribution >= 0.6 is 22.6 Å². The molecule has 0 aromatic heterocycles. The molecule has 0 unspecified atom stereocenters. The van der Waals surface area contributed by atoms with Gasteiger partial charge in [-0.25, -0.2) is 0 Å². The van der Waals surface area contributed by atoms with E-state index in [0.29, 0.717) is 0 Å². The lowest BCUT2D eigenvalue weighted by atomic mass is 10.1. The molecule has 1 aliphatic carbocycles. The Morgan fingerprint density at radius 3 is 2.94 bits per heavy atom. The van der Waals surface area contributed by atoms with Gasteiger partial charge >= 0.3 is 0 Å². The first kappa shape index (κ1) is 11.5. The highest BCUT2D eigenvalue weighted by Gasteiger charge is 2.51. The van der Waals surface area contributed by atoms with Crippen molar-refractivity contribution in [2.75, 3.05) is 19.6 Å². The summed E-state index contributed by atoms with van der Waals surface area (Å²) >= 11 is 2.25. The van der Waals surface area contributed by atoms with E-state index in [2.05, 4.69) is 32.8 Å². The van der Waals surface area contributed by atoms with Gasteiger partial charge in [0.25, 0.3) is 5.91 Å². The Kier molecular flexibility index (Phi) is 2.86. The van der Waals surface area contributed by atoms with E-state index in [1.54, 1.807) is 0 Å². The third-order valence-corrected chi connectivity index (χ3v) is 4.35. The Balaban J connectivity index is 1.86. The molecule has 1 saturated heterocycles. The maximum absolute atomic E-state index is 12.5. The van der Waals surface area contributed by atoms with Crippen molar-refractivity contribution >= 4 is 28.5 Å². The topological polar surface area (TPSA) is 32.3 Å². The molecule has 1 spiro atoms. The summed E-state index contributed by atoms with van der Waals surface area (Å²) in [5, 5.41) is 3.39. The molecule has 90 valence electrons. The van der Waals surface area contributed by atoms with Gasteiger partial charge in [0.2, 0.25) is 0 Å². The number of piperazine rings is 1. The van der Waals surface area contributed by atoms with Crippen LogP contribution in [0.4, 0.5) is 0 Å². The Labute approximate surface area is 115 Å². The summed E-state index contributed by atoms with van der Waals surface area (Å²) in [7, 11) is 0. The van der Waals surface area contributed by atoms with Gasteiger partial charge in [-0.1, -0.05) is 6.07 Å². The molecule has 2 aliphatic rings. The standard InChI is InChI=1S/C13H15IN2O/c14-11-3-1-2-10(8-11)12(17)16-7-6-15-9-13(16)4-5-13/h1-3,8,15H,4-7,9H2. The summed E-state index contributed by atoms with van der Waals surface area (Å²) in [4.78, 5) is 14.6. The van der Waals surface area contributed by atoms with Crippen molar-refractivity contribution in [2.45, 2.75) is 18.4 Å². The van der Waals surface area contributed by atoms with Crippen LogP contribution in [0, 0.1) is 3.57 Å². The molecule has 1 N–H and O–H groups in total. The number of hydrogen-bond donors (Lipinski definition) is 1. The molecule has 0 bridgehead atoms. The monoisotopic (exact) mass is 342 g/mol. The van der Waals surface area contributed by atoms with Crippen molar-refractivity contribution in [1.29, 1.82) is 0 Å². The van der Waals surface area contributed by atoms with E-state index in [0.717, 1.165) is 41.6 Å². The van der Waals surface area contributed by atoms with Gasteiger partial charge in [0.1, 0.15) is 0 Å². The largest absolute Gasteiger partial charge is 0.330 e. The zero-order valence-electron chi connectivity index (χ0n) is 9.58. The molecule has 1 heterocycles. The first-order chi connectivity index (χ1) is 8.21. The second-order valence-corrected chi connectivity index (χ2v) is 6.11. The average Bonchev–Trinajstić information content (AvgIpc) is 3.09. The minimum atomic E-state index is 0.136.